The first kappa shape index (κ1) is 14.8. The van der Waals surface area contributed by atoms with Crippen LogP contribution in [0.4, 0.5) is 0 Å². The third kappa shape index (κ3) is 4.79. The van der Waals surface area contributed by atoms with Gasteiger partial charge in [-0.25, -0.2) is 0 Å². The van der Waals surface area contributed by atoms with E-state index in [-0.39, 0.29) is 5.54 Å². The van der Waals surface area contributed by atoms with Crippen molar-refractivity contribution in [3.8, 4) is 0 Å². The molecule has 0 spiro atoms. The second-order valence-corrected chi connectivity index (χ2v) is 6.84. The summed E-state index contributed by atoms with van der Waals surface area (Å²) in [6.07, 6.45) is 4.86. The zero-order valence-electron chi connectivity index (χ0n) is 12.1. The molecule has 0 unspecified atom stereocenters. The maximum Gasteiger partial charge on any atom is 0.0453 e. The number of benzene rings is 1. The van der Waals surface area contributed by atoms with Gasteiger partial charge in [-0.05, 0) is 63.4 Å². The van der Waals surface area contributed by atoms with E-state index in [1.807, 2.05) is 13.8 Å². The molecule has 0 aromatic heterocycles. The highest BCUT2D eigenvalue weighted by molar-refractivity contribution is 6.31. The Hall–Kier alpha value is -0.570. The number of hydrogen-bond acceptors (Lipinski definition) is 2. The van der Waals surface area contributed by atoms with Gasteiger partial charge in [-0.15, -0.1) is 0 Å². The zero-order chi connectivity index (χ0) is 13.9. The fourth-order valence-electron chi connectivity index (χ4n) is 2.71. The standard InChI is InChI=1S/C16H25ClN2/c1-16(2,18)11-13-6-7-14(15(17)10-13)12-19-8-4-3-5-9-19/h6-7,10H,3-5,8-9,11-12,18H2,1-2H3. The average Bonchev–Trinajstić information content (AvgIpc) is 2.32. The van der Waals surface area contributed by atoms with Crippen LogP contribution in [-0.4, -0.2) is 23.5 Å². The molecule has 0 amide bonds. The molecular formula is C16H25ClN2. The van der Waals surface area contributed by atoms with Gasteiger partial charge in [0.25, 0.3) is 0 Å². The highest BCUT2D eigenvalue weighted by Crippen LogP contribution is 2.23. The Labute approximate surface area is 121 Å². The van der Waals surface area contributed by atoms with Crippen molar-refractivity contribution in [2.45, 2.75) is 51.6 Å². The maximum atomic E-state index is 6.41. The van der Waals surface area contributed by atoms with E-state index in [1.54, 1.807) is 0 Å². The number of nitrogens with zero attached hydrogens (tertiary/aromatic N) is 1. The van der Waals surface area contributed by atoms with Crippen LogP contribution in [0.5, 0.6) is 0 Å². The lowest BCUT2D eigenvalue weighted by atomic mass is 9.95. The molecule has 0 bridgehead atoms. The molecule has 3 heteroatoms. The molecule has 0 radical (unpaired) electrons. The van der Waals surface area contributed by atoms with Gasteiger partial charge < -0.3 is 5.73 Å². The average molecular weight is 281 g/mol. The van der Waals surface area contributed by atoms with E-state index < -0.39 is 0 Å². The molecule has 0 atom stereocenters. The second-order valence-electron chi connectivity index (χ2n) is 6.43. The van der Waals surface area contributed by atoms with Gasteiger partial charge in [0.1, 0.15) is 0 Å². The fourth-order valence-corrected chi connectivity index (χ4v) is 2.98. The van der Waals surface area contributed by atoms with Crippen LogP contribution in [0.3, 0.4) is 0 Å². The Balaban J connectivity index is 2.02. The monoisotopic (exact) mass is 280 g/mol. The highest BCUT2D eigenvalue weighted by Gasteiger charge is 2.15. The number of hydrogen-bond donors (Lipinski definition) is 1. The summed E-state index contributed by atoms with van der Waals surface area (Å²) in [5, 5.41) is 0.882. The number of rotatable bonds is 4. The van der Waals surface area contributed by atoms with E-state index in [2.05, 4.69) is 23.1 Å². The van der Waals surface area contributed by atoms with Crippen LogP contribution < -0.4 is 5.73 Å². The highest BCUT2D eigenvalue weighted by atomic mass is 35.5. The summed E-state index contributed by atoms with van der Waals surface area (Å²) in [7, 11) is 0. The molecule has 1 aromatic rings. The van der Waals surface area contributed by atoms with E-state index in [9.17, 15) is 0 Å². The molecule has 0 saturated carbocycles. The van der Waals surface area contributed by atoms with E-state index in [0.29, 0.717) is 0 Å². The molecular weight excluding hydrogens is 256 g/mol. The van der Waals surface area contributed by atoms with Crippen LogP contribution in [0.2, 0.25) is 5.02 Å². The minimum Gasteiger partial charge on any atom is -0.325 e. The van der Waals surface area contributed by atoms with Crippen molar-refractivity contribution < 1.29 is 0 Å². The molecule has 1 fully saturated rings. The van der Waals surface area contributed by atoms with Crippen LogP contribution >= 0.6 is 11.6 Å². The van der Waals surface area contributed by atoms with Crippen LogP contribution in [0.1, 0.15) is 44.2 Å². The van der Waals surface area contributed by atoms with Crippen LogP contribution in [-0.2, 0) is 13.0 Å². The van der Waals surface area contributed by atoms with Gasteiger partial charge >= 0.3 is 0 Å². The smallest absolute Gasteiger partial charge is 0.0453 e. The predicted molar refractivity (Wildman–Crippen MR) is 82.6 cm³/mol. The number of piperidine rings is 1. The van der Waals surface area contributed by atoms with Crippen molar-refractivity contribution in [1.82, 2.24) is 4.90 Å². The molecule has 1 aliphatic heterocycles. The zero-order valence-corrected chi connectivity index (χ0v) is 12.8. The third-order valence-electron chi connectivity index (χ3n) is 3.62. The Morgan fingerprint density at radius 3 is 2.47 bits per heavy atom. The second kappa shape index (κ2) is 6.25. The summed E-state index contributed by atoms with van der Waals surface area (Å²) >= 11 is 6.41. The van der Waals surface area contributed by atoms with Gasteiger partial charge in [-0.2, -0.15) is 0 Å². The molecule has 1 aromatic carbocycles. The molecule has 19 heavy (non-hydrogen) atoms. The van der Waals surface area contributed by atoms with Gasteiger partial charge in [0.05, 0.1) is 0 Å². The van der Waals surface area contributed by atoms with Crippen LogP contribution in [0, 0.1) is 0 Å². The summed E-state index contributed by atoms with van der Waals surface area (Å²) in [4.78, 5) is 2.50. The van der Waals surface area contributed by atoms with Gasteiger partial charge in [0, 0.05) is 17.1 Å². The lowest BCUT2D eigenvalue weighted by Crippen LogP contribution is -2.34. The molecule has 1 saturated heterocycles. The van der Waals surface area contributed by atoms with Crippen molar-refractivity contribution in [2.24, 2.45) is 5.73 Å². The van der Waals surface area contributed by atoms with Crippen molar-refractivity contribution in [1.29, 1.82) is 0 Å². The molecule has 2 rings (SSSR count). The minimum absolute atomic E-state index is 0.183. The van der Waals surface area contributed by atoms with Crippen molar-refractivity contribution in [2.75, 3.05) is 13.1 Å². The SMILES string of the molecule is CC(C)(N)Cc1ccc(CN2CCCCC2)c(Cl)c1. The van der Waals surface area contributed by atoms with E-state index >= 15 is 0 Å². The number of halogens is 1. The van der Waals surface area contributed by atoms with Gasteiger partial charge in [-0.3, -0.25) is 4.90 Å². The third-order valence-corrected chi connectivity index (χ3v) is 3.97. The fraction of sp³-hybridized carbons (Fsp3) is 0.625. The molecule has 1 aliphatic rings. The normalized spacial score (nSPS) is 17.7. The van der Waals surface area contributed by atoms with Crippen LogP contribution in [0.15, 0.2) is 18.2 Å². The lowest BCUT2D eigenvalue weighted by molar-refractivity contribution is 0.221. The summed E-state index contributed by atoms with van der Waals surface area (Å²) in [5.74, 6) is 0. The van der Waals surface area contributed by atoms with E-state index in [4.69, 9.17) is 17.3 Å². The Morgan fingerprint density at radius 1 is 1.21 bits per heavy atom. The molecule has 106 valence electrons. The molecule has 1 heterocycles. The predicted octanol–water partition coefficient (Wildman–Crippen LogP) is 3.61. The van der Waals surface area contributed by atoms with E-state index in [1.165, 1.54) is 43.5 Å². The van der Waals surface area contributed by atoms with Gasteiger partial charge in [0.15, 0.2) is 0 Å². The number of likely N-dealkylation sites (tertiary alicyclic amines) is 1. The Kier molecular flexibility index (Phi) is 4.88. The minimum atomic E-state index is -0.183. The first-order valence-electron chi connectivity index (χ1n) is 7.23. The first-order chi connectivity index (χ1) is 8.94. The Morgan fingerprint density at radius 2 is 1.89 bits per heavy atom. The summed E-state index contributed by atoms with van der Waals surface area (Å²) in [6.45, 7) is 7.47. The van der Waals surface area contributed by atoms with Gasteiger partial charge in [-0.1, -0.05) is 30.2 Å². The quantitative estimate of drug-likeness (QED) is 0.913. The summed E-state index contributed by atoms with van der Waals surface area (Å²) in [5.41, 5.74) is 8.33. The largest absolute Gasteiger partial charge is 0.325 e. The maximum absolute atomic E-state index is 6.41. The molecule has 2 nitrogen and oxygen atoms in total. The summed E-state index contributed by atoms with van der Waals surface area (Å²) in [6, 6.07) is 6.41. The van der Waals surface area contributed by atoms with Crippen molar-refractivity contribution in [3.05, 3.63) is 34.3 Å². The lowest BCUT2D eigenvalue weighted by Gasteiger charge is -2.27. The van der Waals surface area contributed by atoms with Gasteiger partial charge in [0.2, 0.25) is 0 Å². The Bertz CT molecular complexity index is 417. The van der Waals surface area contributed by atoms with Crippen LogP contribution in [0.25, 0.3) is 0 Å². The van der Waals surface area contributed by atoms with Crippen molar-refractivity contribution >= 4 is 11.6 Å². The molecule has 0 aliphatic carbocycles. The number of nitrogens with two attached hydrogens (primary N) is 1. The molecule has 2 N–H and O–H groups in total. The topological polar surface area (TPSA) is 29.3 Å². The first-order valence-corrected chi connectivity index (χ1v) is 7.60. The van der Waals surface area contributed by atoms with E-state index in [0.717, 1.165) is 18.0 Å². The van der Waals surface area contributed by atoms with Crippen molar-refractivity contribution in [3.63, 3.8) is 0 Å². The summed E-state index contributed by atoms with van der Waals surface area (Å²) < 4.78 is 0.